The van der Waals surface area contributed by atoms with Crippen LogP contribution in [0.2, 0.25) is 0 Å². The fourth-order valence-corrected chi connectivity index (χ4v) is 3.35. The number of benzene rings is 1. The zero-order valence-corrected chi connectivity index (χ0v) is 14.4. The van der Waals surface area contributed by atoms with Gasteiger partial charge in [-0.1, -0.05) is 18.7 Å². The minimum atomic E-state index is 0.193. The number of hydrogen-bond acceptors (Lipinski definition) is 4. The monoisotopic (exact) mass is 327 g/mol. The van der Waals surface area contributed by atoms with Crippen LogP contribution in [0, 0.1) is 0 Å². The summed E-state index contributed by atoms with van der Waals surface area (Å²) < 4.78 is 8.08. The second-order valence-electron chi connectivity index (χ2n) is 6.43. The van der Waals surface area contributed by atoms with E-state index in [1.165, 1.54) is 5.69 Å². The van der Waals surface area contributed by atoms with Gasteiger partial charge in [-0.05, 0) is 44.9 Å². The summed E-state index contributed by atoms with van der Waals surface area (Å²) >= 11 is 0. The van der Waals surface area contributed by atoms with Crippen molar-refractivity contribution in [2.24, 2.45) is 0 Å². The SMILES string of the molecule is C=Cc1c(O)cccc1OCN1CCCC1c1ccnn1C(C)C. The standard InChI is InChI=1S/C19H25N3O2/c1-4-15-18(23)8-5-9-19(15)24-13-21-12-6-7-16(21)17-10-11-20-22(17)14(2)3/h4-5,8-11,14,16,23H,1,6-7,12-13H2,2-3H3. The van der Waals surface area contributed by atoms with E-state index in [0.717, 1.165) is 19.4 Å². The number of nitrogens with zero attached hydrogens (tertiary/aromatic N) is 3. The molecule has 0 saturated carbocycles. The summed E-state index contributed by atoms with van der Waals surface area (Å²) in [5, 5.41) is 14.4. The lowest BCUT2D eigenvalue weighted by atomic mass is 10.1. The molecular weight excluding hydrogens is 302 g/mol. The topological polar surface area (TPSA) is 50.5 Å². The van der Waals surface area contributed by atoms with Gasteiger partial charge in [0.15, 0.2) is 0 Å². The number of aromatic nitrogens is 2. The summed E-state index contributed by atoms with van der Waals surface area (Å²) in [6.45, 7) is 9.53. The van der Waals surface area contributed by atoms with E-state index in [9.17, 15) is 5.11 Å². The number of phenolic OH excluding ortho intramolecular Hbond substituents is 1. The highest BCUT2D eigenvalue weighted by atomic mass is 16.5. The van der Waals surface area contributed by atoms with E-state index < -0.39 is 0 Å². The van der Waals surface area contributed by atoms with Crippen molar-refractivity contribution in [2.75, 3.05) is 13.3 Å². The highest BCUT2D eigenvalue weighted by molar-refractivity contribution is 5.62. The highest BCUT2D eigenvalue weighted by Crippen LogP contribution is 2.34. The van der Waals surface area contributed by atoms with E-state index in [-0.39, 0.29) is 5.75 Å². The summed E-state index contributed by atoms with van der Waals surface area (Å²) in [6.07, 6.45) is 5.75. The Morgan fingerprint density at radius 1 is 1.42 bits per heavy atom. The first kappa shape index (κ1) is 16.6. The number of likely N-dealkylation sites (tertiary alicyclic amines) is 1. The van der Waals surface area contributed by atoms with Crippen LogP contribution in [0.1, 0.15) is 50.0 Å². The molecule has 128 valence electrons. The Balaban J connectivity index is 1.74. The van der Waals surface area contributed by atoms with Crippen molar-refractivity contribution in [1.29, 1.82) is 0 Å². The lowest BCUT2D eigenvalue weighted by Gasteiger charge is -2.26. The van der Waals surface area contributed by atoms with Gasteiger partial charge in [-0.3, -0.25) is 9.58 Å². The summed E-state index contributed by atoms with van der Waals surface area (Å²) in [7, 11) is 0. The van der Waals surface area contributed by atoms with Crippen LogP contribution in [0.25, 0.3) is 6.08 Å². The van der Waals surface area contributed by atoms with Crippen molar-refractivity contribution in [3.63, 3.8) is 0 Å². The fourth-order valence-electron chi connectivity index (χ4n) is 3.35. The van der Waals surface area contributed by atoms with E-state index in [1.807, 2.05) is 12.3 Å². The predicted octanol–water partition coefficient (Wildman–Crippen LogP) is 3.99. The third-order valence-corrected chi connectivity index (χ3v) is 4.53. The van der Waals surface area contributed by atoms with Crippen LogP contribution >= 0.6 is 0 Å². The number of phenols is 1. The molecule has 1 atom stereocenters. The molecule has 1 aliphatic rings. The summed E-state index contributed by atoms with van der Waals surface area (Å²) in [6, 6.07) is 8.06. The molecule has 0 amide bonds. The Kier molecular flexibility index (Phi) is 4.90. The van der Waals surface area contributed by atoms with Crippen LogP contribution in [0.3, 0.4) is 0 Å². The van der Waals surface area contributed by atoms with Gasteiger partial charge in [0.05, 0.1) is 17.3 Å². The van der Waals surface area contributed by atoms with Gasteiger partial charge >= 0.3 is 0 Å². The maximum atomic E-state index is 9.91. The zero-order chi connectivity index (χ0) is 17.1. The Morgan fingerprint density at radius 3 is 3.00 bits per heavy atom. The molecule has 0 bridgehead atoms. The maximum absolute atomic E-state index is 9.91. The molecule has 24 heavy (non-hydrogen) atoms. The molecule has 0 aliphatic carbocycles. The van der Waals surface area contributed by atoms with Crippen molar-refractivity contribution in [3.8, 4) is 11.5 Å². The Labute approximate surface area is 143 Å². The largest absolute Gasteiger partial charge is 0.507 e. The smallest absolute Gasteiger partial charge is 0.142 e. The molecule has 0 radical (unpaired) electrons. The molecule has 1 aliphatic heterocycles. The van der Waals surface area contributed by atoms with Gasteiger partial charge in [0.1, 0.15) is 18.2 Å². The first-order valence-electron chi connectivity index (χ1n) is 8.46. The lowest BCUT2D eigenvalue weighted by molar-refractivity contribution is 0.110. The normalized spacial score (nSPS) is 18.2. The van der Waals surface area contributed by atoms with E-state index in [2.05, 4.69) is 41.2 Å². The molecule has 1 N–H and O–H groups in total. The number of aromatic hydroxyl groups is 1. The molecule has 1 aromatic heterocycles. The molecule has 1 fully saturated rings. The van der Waals surface area contributed by atoms with Crippen molar-refractivity contribution in [1.82, 2.24) is 14.7 Å². The van der Waals surface area contributed by atoms with Gasteiger partial charge in [-0.25, -0.2) is 0 Å². The molecule has 1 saturated heterocycles. The Morgan fingerprint density at radius 2 is 2.25 bits per heavy atom. The predicted molar refractivity (Wildman–Crippen MR) is 95.0 cm³/mol. The van der Waals surface area contributed by atoms with Crippen LogP contribution in [-0.4, -0.2) is 33.1 Å². The minimum absolute atomic E-state index is 0.193. The molecule has 0 spiro atoms. The van der Waals surface area contributed by atoms with Gasteiger partial charge in [0.25, 0.3) is 0 Å². The first-order valence-corrected chi connectivity index (χ1v) is 8.46. The third-order valence-electron chi connectivity index (χ3n) is 4.53. The molecule has 5 heteroatoms. The van der Waals surface area contributed by atoms with Gasteiger partial charge in [-0.2, -0.15) is 5.10 Å². The quantitative estimate of drug-likeness (QED) is 0.872. The van der Waals surface area contributed by atoms with Crippen molar-refractivity contribution in [2.45, 2.75) is 38.8 Å². The molecule has 1 unspecified atom stereocenters. The van der Waals surface area contributed by atoms with E-state index in [1.54, 1.807) is 18.2 Å². The lowest BCUT2D eigenvalue weighted by Crippen LogP contribution is -2.29. The second-order valence-corrected chi connectivity index (χ2v) is 6.43. The average molecular weight is 327 g/mol. The summed E-state index contributed by atoms with van der Waals surface area (Å²) in [4.78, 5) is 2.33. The minimum Gasteiger partial charge on any atom is -0.507 e. The van der Waals surface area contributed by atoms with Gasteiger partial charge < -0.3 is 9.84 Å². The number of hydrogen-bond donors (Lipinski definition) is 1. The molecular formula is C19H25N3O2. The van der Waals surface area contributed by atoms with Crippen LogP contribution in [0.4, 0.5) is 0 Å². The summed E-state index contributed by atoms with van der Waals surface area (Å²) in [5.74, 6) is 0.853. The Bertz CT molecular complexity index is 708. The van der Waals surface area contributed by atoms with Crippen LogP contribution in [0.5, 0.6) is 11.5 Å². The average Bonchev–Trinajstić information content (AvgIpc) is 3.21. The van der Waals surface area contributed by atoms with E-state index in [4.69, 9.17) is 4.74 Å². The fraction of sp³-hybridized carbons (Fsp3) is 0.421. The van der Waals surface area contributed by atoms with Gasteiger partial charge in [0, 0.05) is 18.8 Å². The van der Waals surface area contributed by atoms with E-state index >= 15 is 0 Å². The van der Waals surface area contributed by atoms with Gasteiger partial charge in [0.2, 0.25) is 0 Å². The summed E-state index contributed by atoms with van der Waals surface area (Å²) in [5.41, 5.74) is 1.88. The van der Waals surface area contributed by atoms with Crippen LogP contribution in [0.15, 0.2) is 37.0 Å². The highest BCUT2D eigenvalue weighted by Gasteiger charge is 2.29. The number of ether oxygens (including phenoxy) is 1. The van der Waals surface area contributed by atoms with Crippen LogP contribution in [-0.2, 0) is 0 Å². The first-order chi connectivity index (χ1) is 11.6. The van der Waals surface area contributed by atoms with E-state index in [0.29, 0.717) is 30.1 Å². The molecule has 2 heterocycles. The maximum Gasteiger partial charge on any atom is 0.142 e. The molecule has 3 rings (SSSR count). The van der Waals surface area contributed by atoms with Gasteiger partial charge in [-0.15, -0.1) is 0 Å². The Hall–Kier alpha value is -2.27. The van der Waals surface area contributed by atoms with Crippen molar-refractivity contribution < 1.29 is 9.84 Å². The zero-order valence-electron chi connectivity index (χ0n) is 14.4. The number of rotatable bonds is 6. The third kappa shape index (κ3) is 3.17. The van der Waals surface area contributed by atoms with Crippen molar-refractivity contribution >= 4 is 6.08 Å². The molecule has 1 aromatic carbocycles. The molecule has 2 aromatic rings. The second kappa shape index (κ2) is 7.09. The van der Waals surface area contributed by atoms with Crippen molar-refractivity contribution in [3.05, 3.63) is 48.3 Å². The van der Waals surface area contributed by atoms with Crippen LogP contribution < -0.4 is 4.74 Å². The molecule has 5 nitrogen and oxygen atoms in total.